The van der Waals surface area contributed by atoms with Crippen molar-refractivity contribution in [2.75, 3.05) is 24.9 Å². The van der Waals surface area contributed by atoms with Crippen LogP contribution in [-0.2, 0) is 12.8 Å². The summed E-state index contributed by atoms with van der Waals surface area (Å²) in [6.07, 6.45) is 1.89. The van der Waals surface area contributed by atoms with E-state index >= 15 is 0 Å². The van der Waals surface area contributed by atoms with Gasteiger partial charge < -0.3 is 20.1 Å². The molecule has 0 saturated heterocycles. The molecule has 2 rings (SSSR count). The molecular formula is C19H24N2O2S. The summed E-state index contributed by atoms with van der Waals surface area (Å²) in [4.78, 5) is 0. The Balaban J connectivity index is 2.23. The Hall–Kier alpha value is -2.27. The monoisotopic (exact) mass is 344 g/mol. The second kappa shape index (κ2) is 8.55. The Bertz CT molecular complexity index is 694. The average molecular weight is 344 g/mol. The molecule has 0 unspecified atom stereocenters. The van der Waals surface area contributed by atoms with Crippen LogP contribution in [0.3, 0.4) is 0 Å². The van der Waals surface area contributed by atoms with Gasteiger partial charge in [-0.2, -0.15) is 0 Å². The fourth-order valence-corrected chi connectivity index (χ4v) is 2.79. The van der Waals surface area contributed by atoms with Crippen LogP contribution in [0.15, 0.2) is 36.4 Å². The first-order chi connectivity index (χ1) is 11.6. The van der Waals surface area contributed by atoms with Crippen molar-refractivity contribution < 1.29 is 9.47 Å². The molecule has 0 bridgehead atoms. The van der Waals surface area contributed by atoms with Gasteiger partial charge in [0.2, 0.25) is 0 Å². The summed E-state index contributed by atoms with van der Waals surface area (Å²) in [5.74, 6) is 1.45. The summed E-state index contributed by atoms with van der Waals surface area (Å²) in [5, 5.41) is 7.07. The lowest BCUT2D eigenvalue weighted by molar-refractivity contribution is 0.405. The first-order valence-electron chi connectivity index (χ1n) is 8.03. The van der Waals surface area contributed by atoms with Crippen LogP contribution in [0.25, 0.3) is 0 Å². The van der Waals surface area contributed by atoms with Crippen LogP contribution in [0.4, 0.5) is 11.4 Å². The van der Waals surface area contributed by atoms with Gasteiger partial charge in [-0.1, -0.05) is 32.0 Å². The van der Waals surface area contributed by atoms with E-state index in [0.29, 0.717) is 10.9 Å². The first kappa shape index (κ1) is 18.1. The van der Waals surface area contributed by atoms with Crippen molar-refractivity contribution in [1.82, 2.24) is 0 Å². The van der Waals surface area contributed by atoms with Gasteiger partial charge in [0.1, 0.15) is 11.5 Å². The highest BCUT2D eigenvalue weighted by Crippen LogP contribution is 2.29. The van der Waals surface area contributed by atoms with Gasteiger partial charge in [-0.05, 0) is 48.3 Å². The second-order valence-corrected chi connectivity index (χ2v) is 5.71. The largest absolute Gasteiger partial charge is 0.497 e. The lowest BCUT2D eigenvalue weighted by atomic mass is 10.0. The summed E-state index contributed by atoms with van der Waals surface area (Å²) < 4.78 is 10.6. The zero-order chi connectivity index (χ0) is 17.5. The number of benzene rings is 2. The number of hydrogen-bond donors (Lipinski definition) is 2. The predicted octanol–water partition coefficient (Wildman–Crippen LogP) is 4.64. The van der Waals surface area contributed by atoms with Crippen molar-refractivity contribution in [3.8, 4) is 11.5 Å². The zero-order valence-electron chi connectivity index (χ0n) is 14.6. The van der Waals surface area contributed by atoms with Crippen LogP contribution < -0.4 is 20.1 Å². The van der Waals surface area contributed by atoms with E-state index in [9.17, 15) is 0 Å². The Morgan fingerprint density at radius 3 is 2.17 bits per heavy atom. The van der Waals surface area contributed by atoms with Crippen LogP contribution in [0.2, 0.25) is 0 Å². The SMILES string of the molecule is CCc1cccc(CC)c1NC(=S)Nc1cc(OC)ccc1OC. The Morgan fingerprint density at radius 1 is 0.958 bits per heavy atom. The third-order valence-electron chi connectivity index (χ3n) is 3.89. The lowest BCUT2D eigenvalue weighted by Gasteiger charge is -2.18. The highest BCUT2D eigenvalue weighted by Gasteiger charge is 2.10. The van der Waals surface area contributed by atoms with Gasteiger partial charge in [-0.25, -0.2) is 0 Å². The summed E-state index contributed by atoms with van der Waals surface area (Å²) in [7, 11) is 3.26. The molecule has 0 saturated carbocycles. The van der Waals surface area contributed by atoms with Crippen LogP contribution >= 0.6 is 12.2 Å². The molecule has 0 amide bonds. The molecule has 0 atom stereocenters. The number of para-hydroxylation sites is 1. The minimum absolute atomic E-state index is 0.525. The lowest BCUT2D eigenvalue weighted by Crippen LogP contribution is -2.21. The number of methoxy groups -OCH3 is 2. The van der Waals surface area contributed by atoms with Gasteiger partial charge in [0.15, 0.2) is 5.11 Å². The van der Waals surface area contributed by atoms with Crippen LogP contribution in [0.5, 0.6) is 11.5 Å². The molecule has 0 radical (unpaired) electrons. The number of thiocarbonyl (C=S) groups is 1. The standard InChI is InChI=1S/C19H24N2O2S/c1-5-13-8-7-9-14(6-2)18(13)21-19(24)20-16-12-15(22-3)10-11-17(16)23-4/h7-12H,5-6H2,1-4H3,(H2,20,21,24). The van der Waals surface area contributed by atoms with Crippen molar-refractivity contribution in [3.05, 3.63) is 47.5 Å². The van der Waals surface area contributed by atoms with Gasteiger partial charge in [-0.3, -0.25) is 0 Å². The molecule has 24 heavy (non-hydrogen) atoms. The van der Waals surface area contributed by atoms with Crippen molar-refractivity contribution in [2.45, 2.75) is 26.7 Å². The van der Waals surface area contributed by atoms with Crippen LogP contribution in [0.1, 0.15) is 25.0 Å². The summed E-state index contributed by atoms with van der Waals surface area (Å²) >= 11 is 5.50. The number of ether oxygens (including phenoxy) is 2. The number of aryl methyl sites for hydroxylation is 2. The molecule has 128 valence electrons. The van der Waals surface area contributed by atoms with Gasteiger partial charge in [0, 0.05) is 11.8 Å². The van der Waals surface area contributed by atoms with E-state index in [1.165, 1.54) is 11.1 Å². The molecule has 0 fully saturated rings. The summed E-state index contributed by atoms with van der Waals surface area (Å²) in [5.41, 5.74) is 4.34. The quantitative estimate of drug-likeness (QED) is 0.748. The van der Waals surface area contributed by atoms with E-state index in [1.54, 1.807) is 14.2 Å². The van der Waals surface area contributed by atoms with Crippen molar-refractivity contribution in [1.29, 1.82) is 0 Å². The molecule has 0 spiro atoms. The fourth-order valence-electron chi connectivity index (χ4n) is 2.58. The van der Waals surface area contributed by atoms with Crippen molar-refractivity contribution in [2.24, 2.45) is 0 Å². The number of anilines is 2. The molecule has 2 aromatic rings. The topological polar surface area (TPSA) is 42.5 Å². The van der Waals surface area contributed by atoms with E-state index in [2.05, 4.69) is 42.7 Å². The van der Waals surface area contributed by atoms with E-state index in [0.717, 1.165) is 30.0 Å². The van der Waals surface area contributed by atoms with Crippen molar-refractivity contribution in [3.63, 3.8) is 0 Å². The summed E-state index contributed by atoms with van der Waals surface area (Å²) in [6.45, 7) is 4.28. The van der Waals surface area contributed by atoms with Crippen LogP contribution in [0, 0.1) is 0 Å². The maximum atomic E-state index is 5.50. The normalized spacial score (nSPS) is 10.2. The summed E-state index contributed by atoms with van der Waals surface area (Å²) in [6, 6.07) is 11.9. The fraction of sp³-hybridized carbons (Fsp3) is 0.316. The van der Waals surface area contributed by atoms with E-state index in [-0.39, 0.29) is 0 Å². The molecule has 5 heteroatoms. The van der Waals surface area contributed by atoms with Gasteiger partial charge >= 0.3 is 0 Å². The minimum Gasteiger partial charge on any atom is -0.497 e. The molecule has 2 aromatic carbocycles. The van der Waals surface area contributed by atoms with E-state index in [1.807, 2.05) is 18.2 Å². The van der Waals surface area contributed by atoms with Crippen molar-refractivity contribution >= 4 is 28.7 Å². The molecule has 0 aliphatic rings. The van der Waals surface area contributed by atoms with E-state index in [4.69, 9.17) is 21.7 Å². The van der Waals surface area contributed by atoms with Crippen LogP contribution in [-0.4, -0.2) is 19.3 Å². The zero-order valence-corrected chi connectivity index (χ0v) is 15.4. The Kier molecular flexibility index (Phi) is 6.44. The molecule has 0 aromatic heterocycles. The molecule has 0 aliphatic heterocycles. The molecule has 4 nitrogen and oxygen atoms in total. The minimum atomic E-state index is 0.525. The maximum Gasteiger partial charge on any atom is 0.175 e. The molecule has 0 aliphatic carbocycles. The second-order valence-electron chi connectivity index (χ2n) is 5.30. The van der Waals surface area contributed by atoms with Gasteiger partial charge in [0.05, 0.1) is 19.9 Å². The number of nitrogens with one attached hydrogen (secondary N) is 2. The predicted molar refractivity (Wildman–Crippen MR) is 105 cm³/mol. The molecular weight excluding hydrogens is 320 g/mol. The number of rotatable bonds is 6. The Labute approximate surface area is 149 Å². The van der Waals surface area contributed by atoms with E-state index < -0.39 is 0 Å². The maximum absolute atomic E-state index is 5.50. The third kappa shape index (κ3) is 4.17. The third-order valence-corrected chi connectivity index (χ3v) is 4.10. The van der Waals surface area contributed by atoms with Gasteiger partial charge in [0.25, 0.3) is 0 Å². The highest BCUT2D eigenvalue weighted by atomic mass is 32.1. The smallest absolute Gasteiger partial charge is 0.175 e. The molecule has 2 N–H and O–H groups in total. The first-order valence-corrected chi connectivity index (χ1v) is 8.44. The molecule has 0 heterocycles. The Morgan fingerprint density at radius 2 is 1.62 bits per heavy atom. The number of hydrogen-bond acceptors (Lipinski definition) is 3. The average Bonchev–Trinajstić information content (AvgIpc) is 2.61. The highest BCUT2D eigenvalue weighted by molar-refractivity contribution is 7.80. The van der Waals surface area contributed by atoms with Gasteiger partial charge in [-0.15, -0.1) is 0 Å².